The van der Waals surface area contributed by atoms with Gasteiger partial charge >= 0.3 is 11.9 Å². The Morgan fingerprint density at radius 1 is 1.23 bits per heavy atom. The molecule has 74 valence electrons. The third-order valence-electron chi connectivity index (χ3n) is 1.32. The van der Waals surface area contributed by atoms with Gasteiger partial charge in [-0.15, -0.1) is 0 Å². The summed E-state index contributed by atoms with van der Waals surface area (Å²) in [7, 11) is 0. The monoisotopic (exact) mass is 254 g/mol. The molecular weight excluding hydrogens is 248 g/mol. The maximum atomic E-state index is 9.02. The second kappa shape index (κ2) is 3.01. The molecule has 0 bridgehead atoms. The first-order chi connectivity index (χ1) is 5.75. The number of rotatable bonds is 2. The first-order valence-corrected chi connectivity index (χ1v) is 3.87. The van der Waals surface area contributed by atoms with Crippen LogP contribution in [0.4, 0.5) is 0 Å². The van der Waals surface area contributed by atoms with Crippen LogP contribution in [0.1, 0.15) is 0 Å². The zero-order valence-electron chi connectivity index (χ0n) is 6.16. The van der Waals surface area contributed by atoms with Crippen LogP contribution in [0.2, 0.25) is 0 Å². The molecule has 1 heterocycles. The topological polar surface area (TPSA) is 119 Å². The van der Waals surface area contributed by atoms with E-state index in [0.717, 1.165) is 6.20 Å². The van der Waals surface area contributed by atoms with E-state index >= 15 is 0 Å². The van der Waals surface area contributed by atoms with Crippen molar-refractivity contribution in [1.82, 2.24) is 9.78 Å². The lowest BCUT2D eigenvalue weighted by atomic mass is 10.4. The van der Waals surface area contributed by atoms with Crippen LogP contribution in [0.15, 0.2) is 16.9 Å². The van der Waals surface area contributed by atoms with Crippen molar-refractivity contribution in [2.24, 2.45) is 0 Å². The van der Waals surface area contributed by atoms with Crippen LogP contribution in [0.25, 0.3) is 0 Å². The maximum absolute atomic E-state index is 9.02. The van der Waals surface area contributed by atoms with Gasteiger partial charge in [-0.3, -0.25) is 0 Å². The Morgan fingerprint density at radius 2 is 1.77 bits per heavy atom. The zero-order chi connectivity index (χ0) is 10.3. The average Bonchev–Trinajstić information content (AvgIpc) is 2.33. The molecule has 0 aromatic carbocycles. The molecule has 0 unspecified atom stereocenters. The lowest BCUT2D eigenvalue weighted by Crippen LogP contribution is -2.56. The molecule has 0 atom stereocenters. The fourth-order valence-corrected chi connectivity index (χ4v) is 0.911. The molecule has 0 fully saturated rings. The molecule has 0 aliphatic carbocycles. The van der Waals surface area contributed by atoms with E-state index < -0.39 is 11.9 Å². The number of nitrogens with zero attached hydrogens (tertiary/aromatic N) is 2. The Labute approximate surface area is 80.6 Å². The molecule has 0 radical (unpaired) electrons. The second-order valence-electron chi connectivity index (χ2n) is 2.37. The first-order valence-electron chi connectivity index (χ1n) is 3.07. The summed E-state index contributed by atoms with van der Waals surface area (Å²) in [6, 6.07) is 0. The highest BCUT2D eigenvalue weighted by Crippen LogP contribution is 2.21. The summed E-state index contributed by atoms with van der Waals surface area (Å²) in [5.41, 5.74) is 0. The van der Waals surface area contributed by atoms with Gasteiger partial charge < -0.3 is 25.5 Å². The fraction of sp³-hybridized carbons (Fsp3) is 0.400. The van der Waals surface area contributed by atoms with Crippen LogP contribution in [0.5, 0.6) is 0 Å². The van der Waals surface area contributed by atoms with Crippen molar-refractivity contribution in [2.45, 2.75) is 11.9 Å². The minimum atomic E-state index is -3.70. The van der Waals surface area contributed by atoms with E-state index in [1.54, 1.807) is 0 Å². The molecule has 1 aromatic heterocycles. The Kier molecular flexibility index (Phi) is 2.45. The molecule has 0 amide bonds. The lowest BCUT2D eigenvalue weighted by molar-refractivity contribution is -0.483. The number of aromatic nitrogens is 2. The highest BCUT2D eigenvalue weighted by Gasteiger charge is 2.49. The van der Waals surface area contributed by atoms with Crippen molar-refractivity contribution in [3.8, 4) is 0 Å². The molecule has 7 nitrogen and oxygen atoms in total. The van der Waals surface area contributed by atoms with E-state index in [-0.39, 0.29) is 0 Å². The summed E-state index contributed by atoms with van der Waals surface area (Å²) in [5, 5.41) is 47.0. The summed E-state index contributed by atoms with van der Waals surface area (Å²) in [6.45, 7) is 0. The number of aliphatic hydroxyl groups is 5. The van der Waals surface area contributed by atoms with E-state index in [1.807, 2.05) is 0 Å². The minimum Gasteiger partial charge on any atom is -0.341 e. The molecule has 0 spiro atoms. The van der Waals surface area contributed by atoms with E-state index in [1.165, 1.54) is 6.20 Å². The van der Waals surface area contributed by atoms with Crippen LogP contribution < -0.4 is 0 Å². The van der Waals surface area contributed by atoms with Crippen LogP contribution in [0, 0.1) is 0 Å². The third kappa shape index (κ3) is 1.88. The van der Waals surface area contributed by atoms with Crippen LogP contribution >= 0.6 is 15.9 Å². The van der Waals surface area contributed by atoms with Gasteiger partial charge in [0, 0.05) is 6.20 Å². The van der Waals surface area contributed by atoms with Gasteiger partial charge in [0.15, 0.2) is 0 Å². The van der Waals surface area contributed by atoms with Crippen molar-refractivity contribution in [3.63, 3.8) is 0 Å². The van der Waals surface area contributed by atoms with Gasteiger partial charge in [-0.1, -0.05) is 0 Å². The van der Waals surface area contributed by atoms with Gasteiger partial charge in [-0.25, -0.2) is 4.68 Å². The Morgan fingerprint density at radius 3 is 2.08 bits per heavy atom. The Bertz CT molecular complexity index is 304. The normalized spacial score (nSPS) is 13.4. The molecule has 0 aliphatic heterocycles. The summed E-state index contributed by atoms with van der Waals surface area (Å²) < 4.78 is 0.751. The van der Waals surface area contributed by atoms with Crippen LogP contribution in [-0.2, 0) is 5.91 Å². The first kappa shape index (κ1) is 10.6. The summed E-state index contributed by atoms with van der Waals surface area (Å²) in [6.07, 6.45) is 2.21. The molecular formula is C5H7BrN2O5. The summed E-state index contributed by atoms with van der Waals surface area (Å²) in [4.78, 5) is 0. The van der Waals surface area contributed by atoms with Gasteiger partial charge in [-0.2, -0.15) is 5.10 Å². The number of halogens is 1. The quantitative estimate of drug-likeness (QED) is 0.385. The van der Waals surface area contributed by atoms with Crippen molar-refractivity contribution >= 4 is 15.9 Å². The second-order valence-corrected chi connectivity index (χ2v) is 3.29. The Hall–Kier alpha value is -0.510. The van der Waals surface area contributed by atoms with Gasteiger partial charge in [0.1, 0.15) is 0 Å². The number of hydrogen-bond acceptors (Lipinski definition) is 6. The molecule has 0 saturated heterocycles. The lowest BCUT2D eigenvalue weighted by Gasteiger charge is -2.29. The molecule has 1 aromatic rings. The van der Waals surface area contributed by atoms with Gasteiger partial charge in [0.05, 0.1) is 10.7 Å². The standard InChI is InChI=1S/C5H7BrN2O5/c6-3-1-7-8(2-3)4(9,10)5(11,12)13/h1-2,9-13H. The highest BCUT2D eigenvalue weighted by molar-refractivity contribution is 9.10. The highest BCUT2D eigenvalue weighted by atomic mass is 79.9. The average molecular weight is 255 g/mol. The van der Waals surface area contributed by atoms with Crippen molar-refractivity contribution in [3.05, 3.63) is 16.9 Å². The van der Waals surface area contributed by atoms with Crippen molar-refractivity contribution in [2.75, 3.05) is 0 Å². The van der Waals surface area contributed by atoms with Gasteiger partial charge in [0.25, 0.3) is 0 Å². The predicted molar refractivity (Wildman–Crippen MR) is 41.7 cm³/mol. The van der Waals surface area contributed by atoms with Gasteiger partial charge in [-0.05, 0) is 15.9 Å². The third-order valence-corrected chi connectivity index (χ3v) is 1.73. The molecule has 0 aliphatic rings. The fourth-order valence-electron chi connectivity index (χ4n) is 0.625. The summed E-state index contributed by atoms with van der Waals surface area (Å²) in [5.74, 6) is -7.00. The minimum absolute atomic E-state index is 0.372. The van der Waals surface area contributed by atoms with E-state index in [0.29, 0.717) is 9.15 Å². The SMILES string of the molecule is OC(O)(O)C(O)(O)n1cc(Br)cn1. The number of hydrogen-bond donors (Lipinski definition) is 5. The van der Waals surface area contributed by atoms with E-state index in [9.17, 15) is 0 Å². The van der Waals surface area contributed by atoms with E-state index in [2.05, 4.69) is 21.0 Å². The Balaban J connectivity index is 3.07. The molecule has 8 heteroatoms. The largest absolute Gasteiger partial charge is 0.357 e. The summed E-state index contributed by atoms with van der Waals surface area (Å²) >= 11 is 2.94. The maximum Gasteiger partial charge on any atom is 0.357 e. The zero-order valence-corrected chi connectivity index (χ0v) is 7.75. The predicted octanol–water partition coefficient (Wildman–Crippen LogP) is -2.13. The molecule has 1 rings (SSSR count). The van der Waals surface area contributed by atoms with Crippen LogP contribution in [0.3, 0.4) is 0 Å². The smallest absolute Gasteiger partial charge is 0.341 e. The van der Waals surface area contributed by atoms with Crippen molar-refractivity contribution < 1.29 is 25.5 Å². The van der Waals surface area contributed by atoms with E-state index in [4.69, 9.17) is 25.5 Å². The molecule has 13 heavy (non-hydrogen) atoms. The van der Waals surface area contributed by atoms with Gasteiger partial charge in [0.2, 0.25) is 0 Å². The molecule has 5 N–H and O–H groups in total. The van der Waals surface area contributed by atoms with Crippen molar-refractivity contribution in [1.29, 1.82) is 0 Å². The molecule has 0 saturated carbocycles. The van der Waals surface area contributed by atoms with Crippen LogP contribution in [-0.4, -0.2) is 41.3 Å².